The topological polar surface area (TPSA) is 156 Å². The lowest BCUT2D eigenvalue weighted by Gasteiger charge is -2.30. The molecular formula is C27H26N4O7S. The van der Waals surface area contributed by atoms with Crippen LogP contribution in [0.5, 0.6) is 0 Å². The molecule has 0 bridgehead atoms. The summed E-state index contributed by atoms with van der Waals surface area (Å²) in [6.45, 7) is 0.0961. The zero-order valence-electron chi connectivity index (χ0n) is 21.0. The summed E-state index contributed by atoms with van der Waals surface area (Å²) in [5, 5.41) is 24.5. The van der Waals surface area contributed by atoms with Gasteiger partial charge in [-0.2, -0.15) is 11.8 Å². The Morgan fingerprint density at radius 3 is 2.59 bits per heavy atom. The number of likely N-dealkylation sites (tertiary alicyclic amines) is 1. The van der Waals surface area contributed by atoms with Gasteiger partial charge in [-0.05, 0) is 54.8 Å². The molecule has 4 heterocycles. The van der Waals surface area contributed by atoms with Gasteiger partial charge in [-0.25, -0.2) is 0 Å². The zero-order chi connectivity index (χ0) is 27.7. The maximum atomic E-state index is 13.7. The van der Waals surface area contributed by atoms with Crippen LogP contribution >= 0.6 is 11.8 Å². The Kier molecular flexibility index (Phi) is 7.23. The van der Waals surface area contributed by atoms with Crippen molar-refractivity contribution < 1.29 is 28.8 Å². The summed E-state index contributed by atoms with van der Waals surface area (Å²) in [6.07, 6.45) is 3.98. The fourth-order valence-corrected chi connectivity index (χ4v) is 6.04. The number of hydrogen-bond donors (Lipinski definition) is 2. The lowest BCUT2D eigenvalue weighted by molar-refractivity contribution is -0.384. The van der Waals surface area contributed by atoms with Crippen LogP contribution in [-0.2, 0) is 20.8 Å². The van der Waals surface area contributed by atoms with Crippen LogP contribution in [-0.4, -0.2) is 61.8 Å². The number of carboxylic acid groups (broad SMARTS) is 1. The molecule has 0 radical (unpaired) electrons. The number of rotatable bonds is 10. The number of carbonyl (C=O) groups is 3. The number of fused-ring (bicyclic) bond motifs is 1. The van der Waals surface area contributed by atoms with E-state index in [0.717, 1.165) is 10.6 Å². The van der Waals surface area contributed by atoms with Crippen LogP contribution in [0.4, 0.5) is 5.69 Å². The van der Waals surface area contributed by atoms with Gasteiger partial charge in [-0.15, -0.1) is 0 Å². The normalized spacial score (nSPS) is 24.2. The molecule has 11 nitrogen and oxygen atoms in total. The molecule has 2 aliphatic rings. The van der Waals surface area contributed by atoms with Crippen molar-refractivity contribution in [3.8, 4) is 11.3 Å². The lowest BCUT2D eigenvalue weighted by Crippen LogP contribution is -2.56. The molecule has 2 N–H and O–H groups in total. The summed E-state index contributed by atoms with van der Waals surface area (Å²) in [4.78, 5) is 56.1. The fourth-order valence-electron chi connectivity index (χ4n) is 5.52. The predicted octanol–water partition coefficient (Wildman–Crippen LogP) is 3.31. The molecule has 0 saturated carbocycles. The average Bonchev–Trinajstić information content (AvgIpc) is 3.62. The molecule has 39 heavy (non-hydrogen) atoms. The number of non-ortho nitro benzene ring substituents is 1. The Morgan fingerprint density at radius 1 is 1.18 bits per heavy atom. The van der Waals surface area contributed by atoms with Gasteiger partial charge in [0.05, 0.1) is 22.8 Å². The quantitative estimate of drug-likeness (QED) is 0.218. The summed E-state index contributed by atoms with van der Waals surface area (Å²) in [5.74, 6) is -3.02. The van der Waals surface area contributed by atoms with Gasteiger partial charge in [-0.1, -0.05) is 6.07 Å². The first-order chi connectivity index (χ1) is 18.8. The maximum Gasteiger partial charge on any atom is 0.324 e. The third-order valence-electron chi connectivity index (χ3n) is 7.44. The first-order valence-electron chi connectivity index (χ1n) is 12.4. The summed E-state index contributed by atoms with van der Waals surface area (Å²) in [6, 6.07) is 13.7. The van der Waals surface area contributed by atoms with Crippen molar-refractivity contribution in [2.45, 2.75) is 24.4 Å². The molecule has 3 aromatic rings. The third kappa shape index (κ3) is 4.70. The highest BCUT2D eigenvalue weighted by atomic mass is 32.2. The van der Waals surface area contributed by atoms with Crippen LogP contribution in [0.2, 0.25) is 0 Å². The van der Waals surface area contributed by atoms with Crippen molar-refractivity contribution in [1.29, 1.82) is 0 Å². The van der Waals surface area contributed by atoms with Crippen molar-refractivity contribution in [2.24, 2.45) is 11.8 Å². The Bertz CT molecular complexity index is 1410. The van der Waals surface area contributed by atoms with E-state index < -0.39 is 46.1 Å². The van der Waals surface area contributed by atoms with Gasteiger partial charge in [0.25, 0.3) is 5.69 Å². The van der Waals surface area contributed by atoms with Crippen LogP contribution in [0.1, 0.15) is 23.9 Å². The molecule has 2 fully saturated rings. The van der Waals surface area contributed by atoms with Crippen LogP contribution in [0.3, 0.4) is 0 Å². The number of carboxylic acids is 1. The van der Waals surface area contributed by atoms with E-state index in [1.54, 1.807) is 42.6 Å². The largest absolute Gasteiger partial charge is 0.480 e. The van der Waals surface area contributed by atoms with Crippen molar-refractivity contribution >= 4 is 35.2 Å². The molecule has 4 atom stereocenters. The van der Waals surface area contributed by atoms with E-state index in [4.69, 9.17) is 4.42 Å². The Morgan fingerprint density at radius 2 is 1.95 bits per heavy atom. The Balaban J connectivity index is 1.48. The van der Waals surface area contributed by atoms with E-state index in [0.29, 0.717) is 29.3 Å². The van der Waals surface area contributed by atoms with Crippen LogP contribution < -0.4 is 5.32 Å². The second-order valence-electron chi connectivity index (χ2n) is 9.55. The first kappa shape index (κ1) is 26.6. The minimum atomic E-state index is -1.65. The summed E-state index contributed by atoms with van der Waals surface area (Å²) >= 11 is 1.46. The molecule has 2 saturated heterocycles. The van der Waals surface area contributed by atoms with E-state index >= 15 is 0 Å². The molecular weight excluding hydrogens is 524 g/mol. The van der Waals surface area contributed by atoms with Gasteiger partial charge in [0, 0.05) is 42.6 Å². The predicted molar refractivity (Wildman–Crippen MR) is 142 cm³/mol. The number of amides is 2. The van der Waals surface area contributed by atoms with E-state index in [-0.39, 0.29) is 18.7 Å². The van der Waals surface area contributed by atoms with Gasteiger partial charge in [0.15, 0.2) is 0 Å². The number of nitrogens with zero attached hydrogens (tertiary/aromatic N) is 3. The summed E-state index contributed by atoms with van der Waals surface area (Å²) in [5.41, 5.74) is -0.410. The van der Waals surface area contributed by atoms with Gasteiger partial charge in [0.1, 0.15) is 17.1 Å². The smallest absolute Gasteiger partial charge is 0.324 e. The lowest BCUT2D eigenvalue weighted by atomic mass is 9.78. The van der Waals surface area contributed by atoms with Crippen molar-refractivity contribution in [3.05, 3.63) is 82.4 Å². The van der Waals surface area contributed by atoms with E-state index in [9.17, 15) is 29.6 Å². The number of aromatic nitrogens is 1. The molecule has 2 amide bonds. The monoisotopic (exact) mass is 550 g/mol. The Labute approximate surface area is 227 Å². The van der Waals surface area contributed by atoms with Gasteiger partial charge in [0.2, 0.25) is 11.8 Å². The molecule has 4 unspecified atom stereocenters. The average molecular weight is 551 g/mol. The number of nitro benzene ring substituents is 1. The minimum Gasteiger partial charge on any atom is -0.480 e. The SMILES string of the molecule is CSCCC1(C(=O)O)NC(c2ccc(-c3ccc([N+](=O)[O-])cc3)o2)C2C(=O)N(CCc3ccccn3)C(=O)C21. The van der Waals surface area contributed by atoms with Crippen LogP contribution in [0.25, 0.3) is 11.3 Å². The number of carbonyl (C=O) groups excluding carboxylic acids is 2. The van der Waals surface area contributed by atoms with Crippen molar-refractivity contribution in [2.75, 3.05) is 18.6 Å². The highest BCUT2D eigenvalue weighted by Gasteiger charge is 2.68. The number of furan rings is 1. The highest BCUT2D eigenvalue weighted by molar-refractivity contribution is 7.98. The molecule has 0 aliphatic carbocycles. The molecule has 1 aromatic carbocycles. The standard InChI is InChI=1S/C27H26N4O7S/c1-39-15-12-27(26(34)35)22-21(24(32)30(25(22)33)14-11-17-4-2-3-13-28-17)23(29-27)20-10-9-19(38-20)16-5-7-18(8-6-16)31(36)37/h2-10,13,21-23,29H,11-12,14-15H2,1H3,(H,34,35). The highest BCUT2D eigenvalue weighted by Crippen LogP contribution is 2.51. The maximum absolute atomic E-state index is 13.7. The fraction of sp³-hybridized carbons (Fsp3) is 0.333. The number of hydrogen-bond acceptors (Lipinski definition) is 9. The van der Waals surface area contributed by atoms with Crippen molar-refractivity contribution in [3.63, 3.8) is 0 Å². The van der Waals surface area contributed by atoms with Crippen molar-refractivity contribution in [1.82, 2.24) is 15.2 Å². The van der Waals surface area contributed by atoms with E-state index in [2.05, 4.69) is 10.3 Å². The molecule has 5 rings (SSSR count). The van der Waals surface area contributed by atoms with Crippen LogP contribution in [0.15, 0.2) is 65.2 Å². The van der Waals surface area contributed by atoms with Gasteiger partial charge < -0.3 is 9.52 Å². The van der Waals surface area contributed by atoms with Crippen LogP contribution in [0, 0.1) is 22.0 Å². The number of nitrogens with one attached hydrogen (secondary N) is 1. The minimum absolute atomic E-state index is 0.0632. The number of thioether (sulfide) groups is 1. The number of nitro groups is 1. The third-order valence-corrected chi connectivity index (χ3v) is 8.05. The first-order valence-corrected chi connectivity index (χ1v) is 13.8. The number of imide groups is 1. The number of aliphatic carboxylic acids is 1. The second-order valence-corrected chi connectivity index (χ2v) is 10.5. The number of pyridine rings is 1. The summed E-state index contributed by atoms with van der Waals surface area (Å²) in [7, 11) is 0. The molecule has 2 aliphatic heterocycles. The number of benzene rings is 1. The second kappa shape index (κ2) is 10.6. The zero-order valence-corrected chi connectivity index (χ0v) is 21.8. The van der Waals surface area contributed by atoms with E-state index in [1.165, 1.54) is 23.9 Å². The Hall–Kier alpha value is -4.03. The van der Waals surface area contributed by atoms with Gasteiger partial charge >= 0.3 is 5.97 Å². The van der Waals surface area contributed by atoms with E-state index in [1.807, 2.05) is 12.3 Å². The molecule has 12 heteroatoms. The molecule has 202 valence electrons. The molecule has 2 aromatic heterocycles. The molecule has 0 spiro atoms. The van der Waals surface area contributed by atoms with Gasteiger partial charge in [-0.3, -0.25) is 39.7 Å². The summed E-state index contributed by atoms with van der Waals surface area (Å²) < 4.78 is 6.07.